The molecule has 1 aliphatic rings. The molecule has 0 saturated carbocycles. The van der Waals surface area contributed by atoms with E-state index in [1.54, 1.807) is 4.90 Å². The van der Waals surface area contributed by atoms with Gasteiger partial charge in [0, 0.05) is 17.8 Å². The summed E-state index contributed by atoms with van der Waals surface area (Å²) in [6.45, 7) is 4.35. The summed E-state index contributed by atoms with van der Waals surface area (Å²) in [6, 6.07) is 16.9. The molecule has 130 valence electrons. The van der Waals surface area contributed by atoms with Crippen molar-refractivity contribution < 1.29 is 9.59 Å². The van der Waals surface area contributed by atoms with E-state index in [4.69, 9.17) is 0 Å². The van der Waals surface area contributed by atoms with Crippen LogP contribution in [0.15, 0.2) is 54.6 Å². The first-order valence-corrected chi connectivity index (χ1v) is 8.81. The summed E-state index contributed by atoms with van der Waals surface area (Å²) < 4.78 is 0. The van der Waals surface area contributed by atoms with Gasteiger partial charge in [0.2, 0.25) is 11.8 Å². The minimum absolute atomic E-state index is 0.0000847. The molecular weight excluding hydrogens is 312 g/mol. The number of para-hydroxylation sites is 1. The number of carbonyl (C=O) groups excluding carboxylic acids is 2. The summed E-state index contributed by atoms with van der Waals surface area (Å²) >= 11 is 0. The number of nitrogens with one attached hydrogen (secondary N) is 1. The predicted molar refractivity (Wildman–Crippen MR) is 101 cm³/mol. The number of amides is 2. The van der Waals surface area contributed by atoms with Crippen molar-refractivity contribution in [3.05, 3.63) is 60.2 Å². The van der Waals surface area contributed by atoms with Crippen molar-refractivity contribution in [3.8, 4) is 0 Å². The van der Waals surface area contributed by atoms with Crippen LogP contribution in [0.5, 0.6) is 0 Å². The lowest BCUT2D eigenvalue weighted by molar-refractivity contribution is -0.120. The highest BCUT2D eigenvalue weighted by atomic mass is 16.2. The predicted octanol–water partition coefficient (Wildman–Crippen LogP) is 4.02. The van der Waals surface area contributed by atoms with Crippen molar-refractivity contribution in [1.29, 1.82) is 0 Å². The van der Waals surface area contributed by atoms with Gasteiger partial charge >= 0.3 is 0 Å². The molecule has 1 heterocycles. The van der Waals surface area contributed by atoms with E-state index in [2.05, 4.69) is 25.2 Å². The van der Waals surface area contributed by atoms with E-state index in [0.717, 1.165) is 17.8 Å². The van der Waals surface area contributed by atoms with Crippen LogP contribution >= 0.6 is 0 Å². The van der Waals surface area contributed by atoms with Gasteiger partial charge in [0.05, 0.1) is 0 Å². The normalized spacial score (nSPS) is 17.2. The van der Waals surface area contributed by atoms with Crippen LogP contribution in [0, 0.1) is 5.92 Å². The van der Waals surface area contributed by atoms with Gasteiger partial charge in [-0.05, 0) is 48.6 Å². The van der Waals surface area contributed by atoms with Crippen molar-refractivity contribution in [1.82, 2.24) is 0 Å². The summed E-state index contributed by atoms with van der Waals surface area (Å²) in [5, 5.41) is 2.98. The SMILES string of the molecule is CC(C)Cc1cccc(NC(=O)C2CCC(=O)N2c2ccccc2)c1. The third-order valence-corrected chi connectivity index (χ3v) is 4.39. The lowest BCUT2D eigenvalue weighted by atomic mass is 10.0. The average molecular weight is 336 g/mol. The Morgan fingerprint density at radius 2 is 1.92 bits per heavy atom. The van der Waals surface area contributed by atoms with Crippen molar-refractivity contribution in [2.75, 3.05) is 10.2 Å². The van der Waals surface area contributed by atoms with Crippen molar-refractivity contribution in [2.45, 2.75) is 39.2 Å². The fourth-order valence-corrected chi connectivity index (χ4v) is 3.32. The Morgan fingerprint density at radius 3 is 2.64 bits per heavy atom. The summed E-state index contributed by atoms with van der Waals surface area (Å²) in [7, 11) is 0. The topological polar surface area (TPSA) is 49.4 Å². The van der Waals surface area contributed by atoms with Gasteiger partial charge in [-0.3, -0.25) is 14.5 Å². The number of nitrogens with zero attached hydrogens (tertiary/aromatic N) is 1. The summed E-state index contributed by atoms with van der Waals surface area (Å²) in [4.78, 5) is 26.7. The second kappa shape index (κ2) is 7.51. The van der Waals surface area contributed by atoms with Gasteiger partial charge in [-0.15, -0.1) is 0 Å². The first kappa shape index (κ1) is 17.2. The molecule has 25 heavy (non-hydrogen) atoms. The molecule has 0 bridgehead atoms. The Bertz CT molecular complexity index is 756. The molecule has 1 aliphatic heterocycles. The quantitative estimate of drug-likeness (QED) is 0.896. The van der Waals surface area contributed by atoms with E-state index in [1.165, 1.54) is 5.56 Å². The Kier molecular flexibility index (Phi) is 5.17. The summed E-state index contributed by atoms with van der Waals surface area (Å²) in [6.07, 6.45) is 1.92. The number of carbonyl (C=O) groups is 2. The molecule has 1 fully saturated rings. The molecule has 3 rings (SSSR count). The standard InChI is InChI=1S/C21H24N2O2/c1-15(2)13-16-7-6-8-17(14-16)22-21(25)19-11-12-20(24)23(19)18-9-4-3-5-10-18/h3-10,14-15,19H,11-13H2,1-2H3,(H,22,25). The Labute approximate surface area is 148 Å². The van der Waals surface area contributed by atoms with E-state index >= 15 is 0 Å². The van der Waals surface area contributed by atoms with E-state index in [0.29, 0.717) is 18.8 Å². The van der Waals surface area contributed by atoms with E-state index < -0.39 is 6.04 Å². The lowest BCUT2D eigenvalue weighted by Crippen LogP contribution is -2.41. The zero-order valence-corrected chi connectivity index (χ0v) is 14.7. The third kappa shape index (κ3) is 4.08. The number of hydrogen-bond acceptors (Lipinski definition) is 2. The van der Waals surface area contributed by atoms with E-state index in [1.807, 2.05) is 48.5 Å². The molecule has 1 saturated heterocycles. The Hall–Kier alpha value is -2.62. The molecule has 2 amide bonds. The molecule has 1 N–H and O–H groups in total. The monoisotopic (exact) mass is 336 g/mol. The fourth-order valence-electron chi connectivity index (χ4n) is 3.32. The highest BCUT2D eigenvalue weighted by molar-refractivity contribution is 6.07. The molecule has 2 aromatic rings. The van der Waals surface area contributed by atoms with Crippen molar-refractivity contribution >= 4 is 23.2 Å². The number of hydrogen-bond donors (Lipinski definition) is 1. The zero-order valence-electron chi connectivity index (χ0n) is 14.7. The van der Waals surface area contributed by atoms with Crippen molar-refractivity contribution in [3.63, 3.8) is 0 Å². The minimum atomic E-state index is -0.455. The molecule has 4 nitrogen and oxygen atoms in total. The highest BCUT2D eigenvalue weighted by Gasteiger charge is 2.37. The molecule has 0 aliphatic carbocycles. The van der Waals surface area contributed by atoms with Crippen LogP contribution in [0.2, 0.25) is 0 Å². The van der Waals surface area contributed by atoms with Crippen LogP contribution in [0.4, 0.5) is 11.4 Å². The molecule has 0 spiro atoms. The Balaban J connectivity index is 1.75. The maximum absolute atomic E-state index is 12.8. The first-order chi connectivity index (χ1) is 12.0. The molecule has 0 aromatic heterocycles. The minimum Gasteiger partial charge on any atom is -0.324 e. The van der Waals surface area contributed by atoms with Gasteiger partial charge in [-0.25, -0.2) is 0 Å². The third-order valence-electron chi connectivity index (χ3n) is 4.39. The molecule has 1 unspecified atom stereocenters. The zero-order chi connectivity index (χ0) is 17.8. The average Bonchev–Trinajstić information content (AvgIpc) is 2.97. The molecular formula is C21H24N2O2. The maximum Gasteiger partial charge on any atom is 0.247 e. The molecule has 1 atom stereocenters. The number of anilines is 2. The van der Waals surface area contributed by atoms with E-state index in [9.17, 15) is 9.59 Å². The van der Waals surface area contributed by atoms with Crippen LogP contribution < -0.4 is 10.2 Å². The number of benzene rings is 2. The van der Waals surface area contributed by atoms with Gasteiger partial charge in [-0.2, -0.15) is 0 Å². The largest absolute Gasteiger partial charge is 0.324 e. The van der Waals surface area contributed by atoms with E-state index in [-0.39, 0.29) is 11.8 Å². The highest BCUT2D eigenvalue weighted by Crippen LogP contribution is 2.27. The van der Waals surface area contributed by atoms with Gasteiger partial charge < -0.3 is 5.32 Å². The van der Waals surface area contributed by atoms with Crippen LogP contribution in [-0.4, -0.2) is 17.9 Å². The molecule has 2 aromatic carbocycles. The Morgan fingerprint density at radius 1 is 1.16 bits per heavy atom. The van der Waals surface area contributed by atoms with Gasteiger partial charge in [-0.1, -0.05) is 44.2 Å². The fraction of sp³-hybridized carbons (Fsp3) is 0.333. The van der Waals surface area contributed by atoms with Gasteiger partial charge in [0.15, 0.2) is 0 Å². The summed E-state index contributed by atoms with van der Waals surface area (Å²) in [5.74, 6) is 0.434. The van der Waals surface area contributed by atoms with Crippen LogP contribution in [-0.2, 0) is 16.0 Å². The first-order valence-electron chi connectivity index (χ1n) is 8.81. The van der Waals surface area contributed by atoms with Gasteiger partial charge in [0.1, 0.15) is 6.04 Å². The van der Waals surface area contributed by atoms with Crippen LogP contribution in [0.25, 0.3) is 0 Å². The van der Waals surface area contributed by atoms with Crippen LogP contribution in [0.1, 0.15) is 32.3 Å². The summed E-state index contributed by atoms with van der Waals surface area (Å²) in [5.41, 5.74) is 2.77. The molecule has 0 radical (unpaired) electrons. The maximum atomic E-state index is 12.8. The smallest absolute Gasteiger partial charge is 0.247 e. The lowest BCUT2D eigenvalue weighted by Gasteiger charge is -2.24. The molecule has 4 heteroatoms. The second-order valence-corrected chi connectivity index (χ2v) is 6.94. The van der Waals surface area contributed by atoms with Gasteiger partial charge in [0.25, 0.3) is 0 Å². The second-order valence-electron chi connectivity index (χ2n) is 6.94. The number of rotatable bonds is 5. The van der Waals surface area contributed by atoms with Crippen molar-refractivity contribution in [2.24, 2.45) is 5.92 Å². The van der Waals surface area contributed by atoms with Crippen LogP contribution in [0.3, 0.4) is 0 Å².